The summed E-state index contributed by atoms with van der Waals surface area (Å²) in [6.07, 6.45) is 0. The summed E-state index contributed by atoms with van der Waals surface area (Å²) in [6.45, 7) is 6.56. The first-order valence-electron chi connectivity index (χ1n) is 9.25. The van der Waals surface area contributed by atoms with Crippen LogP contribution < -0.4 is 15.1 Å². The van der Waals surface area contributed by atoms with Crippen LogP contribution in [0.3, 0.4) is 0 Å². The molecule has 1 saturated heterocycles. The predicted octanol–water partition coefficient (Wildman–Crippen LogP) is 1.33. The van der Waals surface area contributed by atoms with E-state index in [9.17, 15) is 14.7 Å². The number of aromatic hydroxyl groups is 1. The molecule has 1 aliphatic heterocycles. The van der Waals surface area contributed by atoms with Crippen molar-refractivity contribution in [1.82, 2.24) is 0 Å². The van der Waals surface area contributed by atoms with E-state index in [-0.39, 0.29) is 23.5 Å². The van der Waals surface area contributed by atoms with E-state index < -0.39 is 0 Å². The number of quaternary nitrogens is 1. The molecule has 1 fully saturated rings. The van der Waals surface area contributed by atoms with Crippen LogP contribution >= 0.6 is 0 Å². The summed E-state index contributed by atoms with van der Waals surface area (Å²) in [6, 6.07) is 14.2. The van der Waals surface area contributed by atoms with Gasteiger partial charge in [0.2, 0.25) is 0 Å². The second-order valence-corrected chi connectivity index (χ2v) is 6.95. The molecule has 0 aliphatic carbocycles. The molecular formula is C21H26N3O3+. The highest BCUT2D eigenvalue weighted by Gasteiger charge is 2.30. The van der Waals surface area contributed by atoms with Crippen molar-refractivity contribution in [2.45, 2.75) is 19.9 Å². The molecule has 0 unspecified atom stereocenters. The Morgan fingerprint density at radius 2 is 1.70 bits per heavy atom. The van der Waals surface area contributed by atoms with E-state index in [4.69, 9.17) is 0 Å². The molecule has 1 atom stereocenters. The van der Waals surface area contributed by atoms with Gasteiger partial charge in [0, 0.05) is 5.56 Å². The number of rotatable bonds is 5. The van der Waals surface area contributed by atoms with Crippen molar-refractivity contribution in [3.63, 3.8) is 0 Å². The minimum Gasteiger partial charge on any atom is -0.506 e. The fourth-order valence-corrected chi connectivity index (χ4v) is 3.52. The molecule has 0 radical (unpaired) electrons. The van der Waals surface area contributed by atoms with E-state index in [2.05, 4.69) is 10.2 Å². The number of nitrogens with zero attached hydrogens (tertiary/aromatic N) is 1. The molecule has 0 bridgehead atoms. The number of phenolic OH excluding ortho intramolecular Hbond substituents is 1. The van der Waals surface area contributed by atoms with Gasteiger partial charge in [-0.3, -0.25) is 9.59 Å². The second kappa shape index (κ2) is 8.22. The van der Waals surface area contributed by atoms with E-state index in [1.807, 2.05) is 31.2 Å². The molecule has 1 heterocycles. The molecule has 6 nitrogen and oxygen atoms in total. The number of carbonyl (C=O) groups is 2. The number of amides is 1. The maximum atomic E-state index is 12.7. The summed E-state index contributed by atoms with van der Waals surface area (Å²) in [5, 5.41) is 12.9. The Morgan fingerprint density at radius 1 is 1.07 bits per heavy atom. The van der Waals surface area contributed by atoms with Gasteiger partial charge in [0.15, 0.2) is 11.8 Å². The maximum Gasteiger partial charge on any atom is 0.282 e. The lowest BCUT2D eigenvalue weighted by molar-refractivity contribution is -0.914. The number of benzene rings is 2. The molecule has 6 heteroatoms. The first-order valence-corrected chi connectivity index (χ1v) is 9.25. The molecule has 1 aliphatic rings. The van der Waals surface area contributed by atoms with Crippen LogP contribution in [0.5, 0.6) is 5.75 Å². The van der Waals surface area contributed by atoms with Crippen LogP contribution in [-0.4, -0.2) is 49.0 Å². The van der Waals surface area contributed by atoms with Crippen LogP contribution in [0.1, 0.15) is 24.2 Å². The van der Waals surface area contributed by atoms with Crippen molar-refractivity contribution in [1.29, 1.82) is 0 Å². The molecule has 27 heavy (non-hydrogen) atoms. The highest BCUT2D eigenvalue weighted by atomic mass is 16.3. The summed E-state index contributed by atoms with van der Waals surface area (Å²) < 4.78 is 0. The zero-order valence-corrected chi connectivity index (χ0v) is 15.7. The Hall–Kier alpha value is -2.86. The third kappa shape index (κ3) is 4.28. The van der Waals surface area contributed by atoms with Gasteiger partial charge in [-0.1, -0.05) is 24.3 Å². The van der Waals surface area contributed by atoms with E-state index in [1.165, 1.54) is 11.8 Å². The summed E-state index contributed by atoms with van der Waals surface area (Å²) >= 11 is 0. The van der Waals surface area contributed by atoms with Crippen molar-refractivity contribution in [3.05, 3.63) is 54.1 Å². The SMILES string of the molecule is CC(=O)c1ccccc1NC(=O)[C@@H](C)[NH+]1CCN(c2ccccc2O)CC1. The zero-order valence-electron chi connectivity index (χ0n) is 15.7. The highest BCUT2D eigenvalue weighted by molar-refractivity contribution is 6.04. The van der Waals surface area contributed by atoms with Crippen LogP contribution in [0.4, 0.5) is 11.4 Å². The number of carbonyl (C=O) groups excluding carboxylic acids is 2. The first kappa shape index (κ1) is 18.9. The quantitative estimate of drug-likeness (QED) is 0.696. The van der Waals surface area contributed by atoms with Gasteiger partial charge in [-0.05, 0) is 38.1 Å². The Labute approximate surface area is 159 Å². The summed E-state index contributed by atoms with van der Waals surface area (Å²) in [5.74, 6) is 0.129. The normalized spacial score (nSPS) is 16.0. The van der Waals surface area contributed by atoms with Gasteiger partial charge in [0.1, 0.15) is 5.75 Å². The fraction of sp³-hybridized carbons (Fsp3) is 0.333. The highest BCUT2D eigenvalue weighted by Crippen LogP contribution is 2.26. The number of Topliss-reactive ketones (excluding diaryl/α,β-unsaturated/α-hetero) is 1. The van der Waals surface area contributed by atoms with Gasteiger partial charge in [-0.15, -0.1) is 0 Å². The molecule has 0 aromatic heterocycles. The number of hydrogen-bond donors (Lipinski definition) is 3. The van der Waals surface area contributed by atoms with E-state index >= 15 is 0 Å². The molecule has 0 spiro atoms. The number of anilines is 2. The molecular weight excluding hydrogens is 342 g/mol. The van der Waals surface area contributed by atoms with E-state index in [1.54, 1.807) is 24.3 Å². The van der Waals surface area contributed by atoms with Crippen LogP contribution in [0, 0.1) is 0 Å². The van der Waals surface area contributed by atoms with Crippen molar-refractivity contribution in [2.24, 2.45) is 0 Å². The monoisotopic (exact) mass is 368 g/mol. The van der Waals surface area contributed by atoms with Gasteiger partial charge in [0.25, 0.3) is 5.91 Å². The van der Waals surface area contributed by atoms with Gasteiger partial charge in [-0.25, -0.2) is 0 Å². The molecule has 2 aromatic carbocycles. The first-order chi connectivity index (χ1) is 13.0. The van der Waals surface area contributed by atoms with Crippen molar-refractivity contribution in [2.75, 3.05) is 36.4 Å². The lowest BCUT2D eigenvalue weighted by Gasteiger charge is -2.36. The Morgan fingerprint density at radius 3 is 2.37 bits per heavy atom. The number of ketones is 1. The Balaban J connectivity index is 1.61. The molecule has 1 amide bonds. The third-order valence-electron chi connectivity index (χ3n) is 5.20. The third-order valence-corrected chi connectivity index (χ3v) is 5.20. The molecule has 3 N–H and O–H groups in total. The smallest absolute Gasteiger partial charge is 0.282 e. The van der Waals surface area contributed by atoms with Crippen LogP contribution in [0.2, 0.25) is 0 Å². The molecule has 2 aromatic rings. The average molecular weight is 368 g/mol. The number of hydrogen-bond acceptors (Lipinski definition) is 4. The summed E-state index contributed by atoms with van der Waals surface area (Å²) in [4.78, 5) is 27.8. The number of phenols is 1. The van der Waals surface area contributed by atoms with Gasteiger partial charge >= 0.3 is 0 Å². The number of nitrogens with one attached hydrogen (secondary N) is 2. The minimum atomic E-state index is -0.225. The van der Waals surface area contributed by atoms with Gasteiger partial charge in [-0.2, -0.15) is 0 Å². The van der Waals surface area contributed by atoms with Crippen LogP contribution in [0.15, 0.2) is 48.5 Å². The lowest BCUT2D eigenvalue weighted by Crippen LogP contribution is -3.19. The molecule has 142 valence electrons. The average Bonchev–Trinajstić information content (AvgIpc) is 2.68. The largest absolute Gasteiger partial charge is 0.506 e. The van der Waals surface area contributed by atoms with Crippen LogP contribution in [-0.2, 0) is 4.79 Å². The lowest BCUT2D eigenvalue weighted by atomic mass is 10.1. The second-order valence-electron chi connectivity index (χ2n) is 6.95. The maximum absolute atomic E-state index is 12.7. The minimum absolute atomic E-state index is 0.0674. The van der Waals surface area contributed by atoms with E-state index in [0.717, 1.165) is 31.9 Å². The standard InChI is InChI=1S/C21H25N3O3/c1-15(21(27)22-18-8-4-3-7-17(18)16(2)25)23-11-13-24(14-12-23)19-9-5-6-10-20(19)26/h3-10,15,26H,11-14H2,1-2H3,(H,22,27)/p+1/t15-/m1/s1. The number of piperazine rings is 1. The Kier molecular flexibility index (Phi) is 5.76. The molecule has 0 saturated carbocycles. The van der Waals surface area contributed by atoms with Gasteiger partial charge in [0.05, 0.1) is 37.6 Å². The van der Waals surface area contributed by atoms with Crippen molar-refractivity contribution >= 4 is 23.1 Å². The zero-order chi connectivity index (χ0) is 19.4. The number of para-hydroxylation sites is 3. The van der Waals surface area contributed by atoms with Gasteiger partial charge < -0.3 is 20.2 Å². The fourth-order valence-electron chi connectivity index (χ4n) is 3.52. The van der Waals surface area contributed by atoms with E-state index in [0.29, 0.717) is 11.3 Å². The summed E-state index contributed by atoms with van der Waals surface area (Å²) in [5.41, 5.74) is 1.93. The van der Waals surface area contributed by atoms with Crippen molar-refractivity contribution < 1.29 is 19.6 Å². The molecule has 3 rings (SSSR count). The topological polar surface area (TPSA) is 74.1 Å². The summed E-state index contributed by atoms with van der Waals surface area (Å²) in [7, 11) is 0. The predicted molar refractivity (Wildman–Crippen MR) is 106 cm³/mol. The van der Waals surface area contributed by atoms with Crippen molar-refractivity contribution in [3.8, 4) is 5.75 Å². The Bertz CT molecular complexity index is 829. The van der Waals surface area contributed by atoms with Crippen LogP contribution in [0.25, 0.3) is 0 Å².